The van der Waals surface area contributed by atoms with Gasteiger partial charge in [0.05, 0.1) is 0 Å². The zero-order chi connectivity index (χ0) is 11.5. The average Bonchev–Trinajstić information content (AvgIpc) is 2.24. The summed E-state index contributed by atoms with van der Waals surface area (Å²) >= 11 is 0. The number of halogens is 1. The quantitative estimate of drug-likeness (QED) is 0.776. The van der Waals surface area contributed by atoms with Gasteiger partial charge in [-0.05, 0) is 49.2 Å². The van der Waals surface area contributed by atoms with Gasteiger partial charge in [0.15, 0.2) is 0 Å². The van der Waals surface area contributed by atoms with Gasteiger partial charge in [-0.2, -0.15) is 4.39 Å². The lowest BCUT2D eigenvalue weighted by Gasteiger charge is -2.07. The van der Waals surface area contributed by atoms with Crippen molar-refractivity contribution >= 4 is 11.5 Å². The number of nitrogens with zero attached hydrogens (tertiary/aromatic N) is 1. The van der Waals surface area contributed by atoms with Crippen LogP contribution in [0.1, 0.15) is 11.1 Å². The molecule has 0 bridgehead atoms. The van der Waals surface area contributed by atoms with E-state index in [0.717, 1.165) is 5.69 Å². The van der Waals surface area contributed by atoms with Crippen LogP contribution in [0.5, 0.6) is 0 Å². The van der Waals surface area contributed by atoms with E-state index in [1.54, 1.807) is 12.1 Å². The molecule has 1 aromatic carbocycles. The first-order valence-electron chi connectivity index (χ1n) is 5.12. The summed E-state index contributed by atoms with van der Waals surface area (Å²) in [6, 6.07) is 10.7. The summed E-state index contributed by atoms with van der Waals surface area (Å²) in [5.74, 6) is 0.0390. The lowest BCUT2D eigenvalue weighted by Crippen LogP contribution is -1.95. The van der Waals surface area contributed by atoms with Crippen molar-refractivity contribution in [3.05, 3.63) is 53.5 Å². The van der Waals surface area contributed by atoms with Crippen LogP contribution >= 0.6 is 0 Å². The summed E-state index contributed by atoms with van der Waals surface area (Å²) in [6.07, 6.45) is 0. The highest BCUT2D eigenvalue weighted by Gasteiger charge is 1.99. The fourth-order valence-corrected chi connectivity index (χ4v) is 1.44. The summed E-state index contributed by atoms with van der Waals surface area (Å²) in [6.45, 7) is 4.10. The van der Waals surface area contributed by atoms with E-state index in [2.05, 4.69) is 17.2 Å². The van der Waals surface area contributed by atoms with E-state index in [4.69, 9.17) is 0 Å². The highest BCUT2D eigenvalue weighted by molar-refractivity contribution is 5.57. The number of aryl methyl sites for hydroxylation is 2. The maximum atomic E-state index is 12.9. The summed E-state index contributed by atoms with van der Waals surface area (Å²) in [7, 11) is 0. The summed E-state index contributed by atoms with van der Waals surface area (Å²) < 4.78 is 12.9. The van der Waals surface area contributed by atoms with Crippen LogP contribution in [0.3, 0.4) is 0 Å². The van der Waals surface area contributed by atoms with E-state index in [1.165, 1.54) is 17.2 Å². The zero-order valence-corrected chi connectivity index (χ0v) is 9.29. The molecule has 0 saturated carbocycles. The van der Waals surface area contributed by atoms with E-state index < -0.39 is 5.95 Å². The third-order valence-corrected chi connectivity index (χ3v) is 2.49. The van der Waals surface area contributed by atoms with Gasteiger partial charge in [-0.25, -0.2) is 4.98 Å². The minimum atomic E-state index is -0.478. The molecular formula is C13H13FN2. The van der Waals surface area contributed by atoms with Gasteiger partial charge in [0, 0.05) is 5.69 Å². The topological polar surface area (TPSA) is 24.9 Å². The molecule has 82 valence electrons. The minimum Gasteiger partial charge on any atom is -0.340 e. The molecule has 1 heterocycles. The molecule has 2 rings (SSSR count). The van der Waals surface area contributed by atoms with Crippen molar-refractivity contribution < 1.29 is 4.39 Å². The van der Waals surface area contributed by atoms with Gasteiger partial charge in [-0.1, -0.05) is 12.1 Å². The highest BCUT2D eigenvalue weighted by Crippen LogP contribution is 2.18. The van der Waals surface area contributed by atoms with E-state index >= 15 is 0 Å². The number of pyridine rings is 1. The van der Waals surface area contributed by atoms with Crippen molar-refractivity contribution in [2.75, 3.05) is 5.32 Å². The zero-order valence-electron chi connectivity index (χ0n) is 9.29. The van der Waals surface area contributed by atoms with Crippen LogP contribution in [-0.4, -0.2) is 4.98 Å². The van der Waals surface area contributed by atoms with Gasteiger partial charge < -0.3 is 5.32 Å². The van der Waals surface area contributed by atoms with E-state index in [9.17, 15) is 4.39 Å². The molecule has 0 fully saturated rings. The Morgan fingerprint density at radius 2 is 1.88 bits per heavy atom. The predicted octanol–water partition coefficient (Wildman–Crippen LogP) is 3.58. The van der Waals surface area contributed by atoms with Gasteiger partial charge in [0.1, 0.15) is 5.82 Å². The third kappa shape index (κ3) is 2.37. The average molecular weight is 216 g/mol. The molecule has 0 radical (unpaired) electrons. The molecule has 2 nitrogen and oxygen atoms in total. The molecule has 16 heavy (non-hydrogen) atoms. The number of benzene rings is 1. The number of hydrogen-bond acceptors (Lipinski definition) is 2. The normalized spacial score (nSPS) is 10.2. The smallest absolute Gasteiger partial charge is 0.214 e. The third-order valence-electron chi connectivity index (χ3n) is 2.49. The van der Waals surface area contributed by atoms with Gasteiger partial charge >= 0.3 is 0 Å². The lowest BCUT2D eigenvalue weighted by atomic mass is 10.1. The van der Waals surface area contributed by atoms with Crippen molar-refractivity contribution in [1.82, 2.24) is 4.98 Å². The molecule has 0 aliphatic rings. The van der Waals surface area contributed by atoms with E-state index in [-0.39, 0.29) is 0 Å². The Balaban J connectivity index is 2.24. The van der Waals surface area contributed by atoms with Crippen molar-refractivity contribution in [3.8, 4) is 0 Å². The molecule has 3 heteroatoms. The van der Waals surface area contributed by atoms with Gasteiger partial charge in [-0.3, -0.25) is 0 Å². The molecule has 2 aromatic rings. The largest absolute Gasteiger partial charge is 0.340 e. The first-order valence-corrected chi connectivity index (χ1v) is 5.12. The molecule has 0 spiro atoms. The van der Waals surface area contributed by atoms with Crippen LogP contribution in [0.4, 0.5) is 15.9 Å². The van der Waals surface area contributed by atoms with Crippen LogP contribution in [0.15, 0.2) is 36.4 Å². The minimum absolute atomic E-state index is 0.478. The molecule has 1 N–H and O–H groups in total. The van der Waals surface area contributed by atoms with Gasteiger partial charge in [0.25, 0.3) is 0 Å². The molecule has 0 aliphatic heterocycles. The monoisotopic (exact) mass is 216 g/mol. The number of anilines is 2. The first kappa shape index (κ1) is 10.6. The van der Waals surface area contributed by atoms with Crippen LogP contribution in [-0.2, 0) is 0 Å². The molecule has 0 amide bonds. The molecule has 0 saturated heterocycles. The fraction of sp³-hybridized carbons (Fsp3) is 0.154. The maximum Gasteiger partial charge on any atom is 0.214 e. The number of aromatic nitrogens is 1. The Morgan fingerprint density at radius 3 is 2.56 bits per heavy atom. The maximum absolute atomic E-state index is 12.9. The Kier molecular flexibility index (Phi) is 2.86. The molecule has 1 aromatic heterocycles. The van der Waals surface area contributed by atoms with E-state index in [0.29, 0.717) is 5.82 Å². The van der Waals surface area contributed by atoms with Gasteiger partial charge in [0.2, 0.25) is 5.95 Å². The first-order chi connectivity index (χ1) is 7.65. The van der Waals surface area contributed by atoms with E-state index in [1.807, 2.05) is 25.1 Å². The second-order valence-electron chi connectivity index (χ2n) is 3.77. The van der Waals surface area contributed by atoms with Crippen molar-refractivity contribution in [2.45, 2.75) is 13.8 Å². The number of hydrogen-bond donors (Lipinski definition) is 1. The highest BCUT2D eigenvalue weighted by atomic mass is 19.1. The van der Waals surface area contributed by atoms with Crippen LogP contribution < -0.4 is 5.32 Å². The number of rotatable bonds is 2. The van der Waals surface area contributed by atoms with Crippen molar-refractivity contribution in [2.24, 2.45) is 0 Å². The van der Waals surface area contributed by atoms with Crippen LogP contribution in [0.25, 0.3) is 0 Å². The van der Waals surface area contributed by atoms with Crippen LogP contribution in [0, 0.1) is 19.8 Å². The Hall–Kier alpha value is -1.90. The molecular weight excluding hydrogens is 203 g/mol. The Labute approximate surface area is 94.2 Å². The lowest BCUT2D eigenvalue weighted by molar-refractivity contribution is 0.585. The SMILES string of the molecule is Cc1ccc(Nc2cccc(F)n2)cc1C. The van der Waals surface area contributed by atoms with Crippen molar-refractivity contribution in [3.63, 3.8) is 0 Å². The Morgan fingerprint density at radius 1 is 1.06 bits per heavy atom. The predicted molar refractivity (Wildman–Crippen MR) is 63.4 cm³/mol. The van der Waals surface area contributed by atoms with Gasteiger partial charge in [-0.15, -0.1) is 0 Å². The summed E-state index contributed by atoms with van der Waals surface area (Å²) in [5, 5.41) is 3.06. The molecule has 0 unspecified atom stereocenters. The summed E-state index contributed by atoms with van der Waals surface area (Å²) in [4.78, 5) is 3.74. The second kappa shape index (κ2) is 4.31. The standard InChI is InChI=1S/C13H13FN2/c1-9-6-7-11(8-10(9)2)15-13-5-3-4-12(14)16-13/h3-8H,1-2H3,(H,15,16). The number of nitrogens with one attached hydrogen (secondary N) is 1. The Bertz CT molecular complexity index is 509. The summed E-state index contributed by atoms with van der Waals surface area (Å²) in [5.41, 5.74) is 3.35. The molecule has 0 aliphatic carbocycles. The van der Waals surface area contributed by atoms with Crippen molar-refractivity contribution in [1.29, 1.82) is 0 Å². The second-order valence-corrected chi connectivity index (χ2v) is 3.77. The fourth-order valence-electron chi connectivity index (χ4n) is 1.44. The van der Waals surface area contributed by atoms with Crippen LogP contribution in [0.2, 0.25) is 0 Å². The molecule has 0 atom stereocenters.